The van der Waals surface area contributed by atoms with Crippen molar-refractivity contribution in [1.29, 1.82) is 0 Å². The number of H-pyrrole nitrogens is 1. The van der Waals surface area contributed by atoms with Crippen LogP contribution < -0.4 is 20.5 Å². The van der Waals surface area contributed by atoms with Crippen molar-refractivity contribution in [2.45, 2.75) is 13.5 Å². The molecule has 4 N–H and O–H groups in total. The maximum Gasteiger partial charge on any atom is 0.271 e. The fourth-order valence-electron chi connectivity index (χ4n) is 3.30. The summed E-state index contributed by atoms with van der Waals surface area (Å²) in [5.41, 5.74) is 7.84. The van der Waals surface area contributed by atoms with Crippen LogP contribution in [0.1, 0.15) is 32.1 Å². The number of carbonyl (C=O) groups is 2. The molecule has 0 aliphatic rings. The molecule has 164 valence electrons. The number of aromatic amines is 1. The molecule has 32 heavy (non-hydrogen) atoms. The fourth-order valence-corrected chi connectivity index (χ4v) is 3.30. The number of anilines is 1. The lowest BCUT2D eigenvalue weighted by Crippen LogP contribution is -2.18. The highest BCUT2D eigenvalue weighted by Gasteiger charge is 2.19. The Morgan fingerprint density at radius 2 is 2.00 bits per heavy atom. The van der Waals surface area contributed by atoms with Crippen molar-refractivity contribution in [3.05, 3.63) is 59.2 Å². The van der Waals surface area contributed by atoms with E-state index in [-0.39, 0.29) is 11.4 Å². The van der Waals surface area contributed by atoms with E-state index in [0.29, 0.717) is 40.3 Å². The van der Waals surface area contributed by atoms with Crippen LogP contribution in [0.5, 0.6) is 11.5 Å². The van der Waals surface area contributed by atoms with Crippen LogP contribution >= 0.6 is 0 Å². The number of primary amides is 1. The lowest BCUT2D eigenvalue weighted by Gasteiger charge is -2.11. The Kier molecular flexibility index (Phi) is 5.46. The molecule has 0 aliphatic carbocycles. The summed E-state index contributed by atoms with van der Waals surface area (Å²) in [5, 5.41) is 14.2. The minimum Gasteiger partial charge on any atom is -0.497 e. The number of fused-ring (bicyclic) bond motifs is 1. The van der Waals surface area contributed by atoms with E-state index in [1.807, 2.05) is 12.1 Å². The molecule has 11 heteroatoms. The summed E-state index contributed by atoms with van der Waals surface area (Å²) in [5.74, 6) is 0.172. The van der Waals surface area contributed by atoms with E-state index in [0.717, 1.165) is 5.56 Å². The molecule has 3 heterocycles. The van der Waals surface area contributed by atoms with Crippen LogP contribution in [0.15, 0.2) is 36.7 Å². The highest BCUT2D eigenvalue weighted by molar-refractivity contribution is 6.09. The third-order valence-corrected chi connectivity index (χ3v) is 4.97. The number of hydrogen-bond acceptors (Lipinski definition) is 7. The summed E-state index contributed by atoms with van der Waals surface area (Å²) in [7, 11) is 3.18. The molecule has 2 amide bonds. The molecule has 0 spiro atoms. The number of amides is 2. The first-order chi connectivity index (χ1) is 15.4. The third kappa shape index (κ3) is 3.83. The maximum atomic E-state index is 12.7. The minimum atomic E-state index is -0.742. The number of rotatable bonds is 7. The van der Waals surface area contributed by atoms with Crippen molar-refractivity contribution in [2.24, 2.45) is 5.73 Å². The first-order valence-electron chi connectivity index (χ1n) is 9.60. The van der Waals surface area contributed by atoms with Gasteiger partial charge in [0.05, 0.1) is 43.9 Å². The van der Waals surface area contributed by atoms with Crippen molar-refractivity contribution >= 4 is 28.5 Å². The van der Waals surface area contributed by atoms with E-state index >= 15 is 0 Å². The molecular formula is C21H21N7O4. The van der Waals surface area contributed by atoms with Gasteiger partial charge in [-0.1, -0.05) is 0 Å². The SMILES string of the molecule is COc1ccc(Cn2ncc3cc(C(=O)Nc4c(C(N)=O)n[nH]c4C)cnc32)c(OC)c1. The highest BCUT2D eigenvalue weighted by atomic mass is 16.5. The van der Waals surface area contributed by atoms with Gasteiger partial charge < -0.3 is 20.5 Å². The van der Waals surface area contributed by atoms with Crippen molar-refractivity contribution in [1.82, 2.24) is 25.0 Å². The smallest absolute Gasteiger partial charge is 0.271 e. The molecule has 0 bridgehead atoms. The van der Waals surface area contributed by atoms with Crippen LogP contribution in [-0.4, -0.2) is 51.0 Å². The molecule has 0 saturated carbocycles. The molecule has 1 aromatic carbocycles. The van der Waals surface area contributed by atoms with Gasteiger partial charge in [-0.25, -0.2) is 9.67 Å². The predicted octanol–water partition coefficient (Wildman–Crippen LogP) is 1.88. The zero-order valence-electron chi connectivity index (χ0n) is 17.7. The maximum absolute atomic E-state index is 12.7. The summed E-state index contributed by atoms with van der Waals surface area (Å²) in [6, 6.07) is 7.22. The lowest BCUT2D eigenvalue weighted by molar-refractivity contribution is 0.0996. The van der Waals surface area contributed by atoms with Gasteiger partial charge in [-0.05, 0) is 25.1 Å². The van der Waals surface area contributed by atoms with Gasteiger partial charge in [0.15, 0.2) is 11.3 Å². The van der Waals surface area contributed by atoms with Gasteiger partial charge in [-0.2, -0.15) is 10.2 Å². The van der Waals surface area contributed by atoms with Gasteiger partial charge in [0, 0.05) is 23.2 Å². The monoisotopic (exact) mass is 435 g/mol. The van der Waals surface area contributed by atoms with Gasteiger partial charge in [0.2, 0.25) is 0 Å². The number of carbonyl (C=O) groups excluding carboxylic acids is 2. The third-order valence-electron chi connectivity index (χ3n) is 4.97. The fraction of sp³-hybridized carbons (Fsp3) is 0.190. The molecule has 0 radical (unpaired) electrons. The normalized spacial score (nSPS) is 10.8. The topological polar surface area (TPSA) is 150 Å². The summed E-state index contributed by atoms with van der Waals surface area (Å²) in [6.07, 6.45) is 3.08. The number of ether oxygens (including phenoxy) is 2. The summed E-state index contributed by atoms with van der Waals surface area (Å²) in [4.78, 5) is 28.7. The average Bonchev–Trinajstić information content (AvgIpc) is 3.37. The summed E-state index contributed by atoms with van der Waals surface area (Å²) >= 11 is 0. The first-order valence-corrected chi connectivity index (χ1v) is 9.60. The number of aryl methyl sites for hydroxylation is 1. The number of nitrogens with two attached hydrogens (primary N) is 1. The van der Waals surface area contributed by atoms with Crippen molar-refractivity contribution < 1.29 is 19.1 Å². The van der Waals surface area contributed by atoms with Crippen LogP contribution in [0.4, 0.5) is 5.69 Å². The van der Waals surface area contributed by atoms with Gasteiger partial charge in [-0.15, -0.1) is 0 Å². The summed E-state index contributed by atoms with van der Waals surface area (Å²) in [6.45, 7) is 2.10. The van der Waals surface area contributed by atoms with Crippen molar-refractivity contribution in [3.63, 3.8) is 0 Å². The number of benzene rings is 1. The quantitative estimate of drug-likeness (QED) is 0.401. The number of aromatic nitrogens is 5. The molecule has 4 aromatic rings. The molecule has 11 nitrogen and oxygen atoms in total. The number of nitrogens with zero attached hydrogens (tertiary/aromatic N) is 4. The van der Waals surface area contributed by atoms with E-state index in [1.165, 1.54) is 6.20 Å². The Bertz CT molecular complexity index is 1330. The largest absolute Gasteiger partial charge is 0.497 e. The van der Waals surface area contributed by atoms with Crippen LogP contribution in [0, 0.1) is 6.92 Å². The van der Waals surface area contributed by atoms with Gasteiger partial charge in [0.25, 0.3) is 11.8 Å². The van der Waals surface area contributed by atoms with Crippen LogP contribution in [-0.2, 0) is 6.54 Å². The number of nitrogens with one attached hydrogen (secondary N) is 2. The number of hydrogen-bond donors (Lipinski definition) is 3. The number of methoxy groups -OCH3 is 2. The number of pyridine rings is 1. The Hall–Kier alpha value is -4.41. The van der Waals surface area contributed by atoms with Gasteiger partial charge >= 0.3 is 0 Å². The molecule has 4 rings (SSSR count). The van der Waals surface area contributed by atoms with Crippen LogP contribution in [0.25, 0.3) is 11.0 Å². The Morgan fingerprint density at radius 1 is 1.19 bits per heavy atom. The van der Waals surface area contributed by atoms with E-state index in [4.69, 9.17) is 15.2 Å². The van der Waals surface area contributed by atoms with E-state index < -0.39 is 11.8 Å². The molecule has 0 saturated heterocycles. The second-order valence-electron chi connectivity index (χ2n) is 7.01. The van der Waals surface area contributed by atoms with Crippen LogP contribution in [0.2, 0.25) is 0 Å². The van der Waals surface area contributed by atoms with E-state index in [2.05, 4.69) is 25.6 Å². The second-order valence-corrected chi connectivity index (χ2v) is 7.01. The molecule has 0 unspecified atom stereocenters. The minimum absolute atomic E-state index is 0.0360. The Morgan fingerprint density at radius 3 is 2.72 bits per heavy atom. The second kappa shape index (κ2) is 8.38. The zero-order valence-corrected chi connectivity index (χ0v) is 17.7. The zero-order chi connectivity index (χ0) is 22.8. The first kappa shape index (κ1) is 20.8. The van der Waals surface area contributed by atoms with Gasteiger partial charge in [0.1, 0.15) is 11.5 Å². The Labute approximate surface area is 182 Å². The molecule has 0 atom stereocenters. The predicted molar refractivity (Wildman–Crippen MR) is 116 cm³/mol. The van der Waals surface area contributed by atoms with Crippen LogP contribution in [0.3, 0.4) is 0 Å². The standard InChI is InChI=1S/C21H21N7O4/c1-11-17(18(19(22)29)27-26-11)25-21(30)14-6-13-9-24-28(20(13)23-8-14)10-12-4-5-15(31-2)7-16(12)32-3/h4-9H,10H2,1-3H3,(H2,22,29)(H,25,30)(H,26,27). The van der Waals surface area contributed by atoms with Crippen molar-refractivity contribution in [3.8, 4) is 11.5 Å². The van der Waals surface area contributed by atoms with E-state index in [9.17, 15) is 9.59 Å². The van der Waals surface area contributed by atoms with Crippen molar-refractivity contribution in [2.75, 3.05) is 19.5 Å². The average molecular weight is 435 g/mol. The molecular weight excluding hydrogens is 414 g/mol. The highest BCUT2D eigenvalue weighted by Crippen LogP contribution is 2.26. The lowest BCUT2D eigenvalue weighted by atomic mass is 10.2. The molecule has 3 aromatic heterocycles. The Balaban J connectivity index is 1.59. The summed E-state index contributed by atoms with van der Waals surface area (Å²) < 4.78 is 12.4. The van der Waals surface area contributed by atoms with E-state index in [1.54, 1.807) is 44.2 Å². The molecule has 0 aliphatic heterocycles. The van der Waals surface area contributed by atoms with Gasteiger partial charge in [-0.3, -0.25) is 14.7 Å². The molecule has 0 fully saturated rings.